The third-order valence-electron chi connectivity index (χ3n) is 5.98. The first kappa shape index (κ1) is 24.1. The predicted molar refractivity (Wildman–Crippen MR) is 129 cm³/mol. The number of halogens is 1. The summed E-state index contributed by atoms with van der Waals surface area (Å²) < 4.78 is 11.5. The zero-order valence-electron chi connectivity index (χ0n) is 18.8. The number of amides is 1. The molecule has 32 heavy (non-hydrogen) atoms. The van der Waals surface area contributed by atoms with Crippen LogP contribution in [-0.2, 0) is 11.3 Å². The fourth-order valence-electron chi connectivity index (χ4n) is 4.13. The van der Waals surface area contributed by atoms with E-state index in [1.165, 1.54) is 0 Å². The molecule has 0 aromatic heterocycles. The van der Waals surface area contributed by atoms with E-state index in [0.717, 1.165) is 43.8 Å². The van der Waals surface area contributed by atoms with Crippen molar-refractivity contribution in [3.63, 3.8) is 0 Å². The van der Waals surface area contributed by atoms with Gasteiger partial charge in [0.2, 0.25) is 5.91 Å². The molecule has 1 saturated heterocycles. The lowest BCUT2D eigenvalue weighted by molar-refractivity contribution is -0.135. The van der Waals surface area contributed by atoms with Crippen LogP contribution in [0.2, 0.25) is 5.02 Å². The Morgan fingerprint density at radius 3 is 2.59 bits per heavy atom. The number of likely N-dealkylation sites (tertiary alicyclic amines) is 1. The van der Waals surface area contributed by atoms with Gasteiger partial charge in [-0.05, 0) is 69.1 Å². The fraction of sp³-hybridized carbons (Fsp3) is 0.423. The van der Waals surface area contributed by atoms with Gasteiger partial charge >= 0.3 is 0 Å². The van der Waals surface area contributed by atoms with E-state index in [4.69, 9.17) is 21.1 Å². The van der Waals surface area contributed by atoms with Gasteiger partial charge < -0.3 is 14.8 Å². The zero-order chi connectivity index (χ0) is 22.8. The molecule has 0 radical (unpaired) electrons. The van der Waals surface area contributed by atoms with Crippen LogP contribution in [0.5, 0.6) is 11.5 Å². The number of benzene rings is 2. The van der Waals surface area contributed by atoms with E-state index in [0.29, 0.717) is 37.0 Å². The molecule has 1 N–H and O–H groups in total. The lowest BCUT2D eigenvalue weighted by Crippen LogP contribution is -2.49. The fourth-order valence-corrected chi connectivity index (χ4v) is 4.38. The Bertz CT molecular complexity index is 880. The normalized spacial score (nSPS) is 15.7. The van der Waals surface area contributed by atoms with Crippen molar-refractivity contribution in [2.45, 2.75) is 32.7 Å². The molecule has 6 heteroatoms. The molecule has 0 saturated carbocycles. The summed E-state index contributed by atoms with van der Waals surface area (Å²) in [5.41, 5.74) is 0.750. The van der Waals surface area contributed by atoms with Crippen molar-refractivity contribution < 1.29 is 14.3 Å². The monoisotopic (exact) mass is 456 g/mol. The average Bonchev–Trinajstić information content (AvgIpc) is 2.81. The number of hydrogen-bond donors (Lipinski definition) is 1. The molecule has 0 bridgehead atoms. The van der Waals surface area contributed by atoms with E-state index < -0.39 is 0 Å². The molecule has 5 nitrogen and oxygen atoms in total. The summed E-state index contributed by atoms with van der Waals surface area (Å²) >= 11 is 6.37. The summed E-state index contributed by atoms with van der Waals surface area (Å²) in [5, 5.41) is 3.66. The van der Waals surface area contributed by atoms with Gasteiger partial charge in [0.1, 0.15) is 18.1 Å². The lowest BCUT2D eigenvalue weighted by atomic mass is 9.75. The zero-order valence-corrected chi connectivity index (χ0v) is 19.6. The second-order valence-electron chi connectivity index (χ2n) is 8.19. The Balaban J connectivity index is 1.57. The highest BCUT2D eigenvalue weighted by atomic mass is 35.5. The Labute approximate surface area is 196 Å². The van der Waals surface area contributed by atoms with Crippen molar-refractivity contribution in [3.05, 3.63) is 71.8 Å². The second-order valence-corrected chi connectivity index (χ2v) is 8.60. The van der Waals surface area contributed by atoms with E-state index in [-0.39, 0.29) is 11.3 Å². The number of nitrogens with one attached hydrogen (secondary N) is 1. The van der Waals surface area contributed by atoms with Crippen molar-refractivity contribution in [2.24, 2.45) is 5.41 Å². The Morgan fingerprint density at radius 2 is 1.94 bits per heavy atom. The molecule has 1 heterocycles. The first-order chi connectivity index (χ1) is 15.6. The summed E-state index contributed by atoms with van der Waals surface area (Å²) in [5.74, 6) is 1.65. The van der Waals surface area contributed by atoms with Crippen molar-refractivity contribution in [3.8, 4) is 11.5 Å². The summed E-state index contributed by atoms with van der Waals surface area (Å²) in [7, 11) is 0. The molecule has 0 atom stereocenters. The van der Waals surface area contributed by atoms with Gasteiger partial charge in [-0.25, -0.2) is 0 Å². The molecule has 1 aliphatic heterocycles. The van der Waals surface area contributed by atoms with Gasteiger partial charge in [0, 0.05) is 13.1 Å². The quantitative estimate of drug-likeness (QED) is 0.478. The summed E-state index contributed by atoms with van der Waals surface area (Å²) in [6, 6.07) is 15.7. The third-order valence-corrected chi connectivity index (χ3v) is 6.28. The minimum absolute atomic E-state index is 0.142. The topological polar surface area (TPSA) is 50.8 Å². The number of carbonyl (C=O) groups excluding carboxylic acids is 1. The van der Waals surface area contributed by atoms with E-state index in [1.807, 2.05) is 55.5 Å². The van der Waals surface area contributed by atoms with Gasteiger partial charge in [-0.2, -0.15) is 0 Å². The molecule has 2 aromatic carbocycles. The molecule has 1 fully saturated rings. The number of piperidine rings is 1. The highest BCUT2D eigenvalue weighted by molar-refractivity contribution is 6.32. The maximum Gasteiger partial charge on any atom is 0.226 e. The highest BCUT2D eigenvalue weighted by Gasteiger charge is 2.40. The molecule has 1 aliphatic rings. The predicted octanol–water partition coefficient (Wildman–Crippen LogP) is 5.09. The Morgan fingerprint density at radius 1 is 1.19 bits per heavy atom. The number of nitrogens with zero attached hydrogens (tertiary/aromatic N) is 1. The number of ether oxygens (including phenoxy) is 2. The number of para-hydroxylation sites is 1. The Hall–Kier alpha value is -2.50. The largest absolute Gasteiger partial charge is 0.494 e. The van der Waals surface area contributed by atoms with Crippen LogP contribution in [0, 0.1) is 5.41 Å². The summed E-state index contributed by atoms with van der Waals surface area (Å²) in [4.78, 5) is 15.4. The first-order valence-electron chi connectivity index (χ1n) is 11.3. The minimum atomic E-state index is -0.388. The van der Waals surface area contributed by atoms with Crippen LogP contribution in [0.3, 0.4) is 0 Å². The molecule has 1 amide bonds. The average molecular weight is 457 g/mol. The van der Waals surface area contributed by atoms with Gasteiger partial charge in [0.05, 0.1) is 17.0 Å². The van der Waals surface area contributed by atoms with Gasteiger partial charge in [-0.3, -0.25) is 9.69 Å². The minimum Gasteiger partial charge on any atom is -0.494 e. The van der Waals surface area contributed by atoms with E-state index in [1.54, 1.807) is 6.08 Å². The molecular formula is C26H33ClN2O3. The van der Waals surface area contributed by atoms with Crippen LogP contribution in [-0.4, -0.2) is 43.7 Å². The molecule has 2 aromatic rings. The van der Waals surface area contributed by atoms with Crippen LogP contribution < -0.4 is 14.8 Å². The van der Waals surface area contributed by atoms with Gasteiger partial charge in [0.15, 0.2) is 0 Å². The molecule has 172 valence electrons. The molecule has 0 spiro atoms. The van der Waals surface area contributed by atoms with Crippen molar-refractivity contribution in [1.29, 1.82) is 0 Å². The number of rotatable bonds is 11. The van der Waals surface area contributed by atoms with E-state index >= 15 is 0 Å². The Kier molecular flexibility index (Phi) is 9.00. The van der Waals surface area contributed by atoms with Crippen molar-refractivity contribution in [1.82, 2.24) is 10.2 Å². The van der Waals surface area contributed by atoms with Crippen LogP contribution in [0.25, 0.3) is 0 Å². The van der Waals surface area contributed by atoms with Crippen molar-refractivity contribution in [2.75, 3.05) is 32.8 Å². The number of carbonyl (C=O) groups is 1. The van der Waals surface area contributed by atoms with Crippen LogP contribution >= 0.6 is 11.6 Å². The highest BCUT2D eigenvalue weighted by Crippen LogP contribution is 2.36. The van der Waals surface area contributed by atoms with Crippen LogP contribution in [0.15, 0.2) is 61.2 Å². The third kappa shape index (κ3) is 6.50. The maximum absolute atomic E-state index is 13.0. The van der Waals surface area contributed by atoms with E-state index in [9.17, 15) is 4.79 Å². The SMILES string of the molecule is C=CCOc1ccc(CN2CCC(CCOc3ccccc3)(C(=O)NCC)CC2)cc1Cl. The first-order valence-corrected chi connectivity index (χ1v) is 11.6. The number of hydrogen-bond acceptors (Lipinski definition) is 4. The summed E-state index contributed by atoms with van der Waals surface area (Å²) in [6.45, 7) is 9.74. The second kappa shape index (κ2) is 11.9. The molecular weight excluding hydrogens is 424 g/mol. The maximum atomic E-state index is 13.0. The lowest BCUT2D eigenvalue weighted by Gasteiger charge is -2.40. The van der Waals surface area contributed by atoms with Crippen molar-refractivity contribution >= 4 is 17.5 Å². The molecule has 0 aliphatic carbocycles. The molecule has 0 unspecified atom stereocenters. The standard InChI is InChI=1S/C26H33ClN2O3/c1-3-17-32-24-11-10-21(19-23(24)27)20-29-15-12-26(13-16-29,25(30)28-4-2)14-18-31-22-8-6-5-7-9-22/h3,5-11,19H,1,4,12-18,20H2,2H3,(H,28,30). The van der Waals surface area contributed by atoms with Crippen LogP contribution in [0.1, 0.15) is 31.7 Å². The van der Waals surface area contributed by atoms with E-state index in [2.05, 4.69) is 16.8 Å². The van der Waals surface area contributed by atoms with Gasteiger partial charge in [-0.1, -0.05) is 48.5 Å². The van der Waals surface area contributed by atoms with Gasteiger partial charge in [0.25, 0.3) is 0 Å². The van der Waals surface area contributed by atoms with Crippen LogP contribution in [0.4, 0.5) is 0 Å². The smallest absolute Gasteiger partial charge is 0.226 e. The van der Waals surface area contributed by atoms with Gasteiger partial charge in [-0.15, -0.1) is 0 Å². The summed E-state index contributed by atoms with van der Waals surface area (Å²) in [6.07, 6.45) is 4.03. The molecule has 3 rings (SSSR count).